The van der Waals surface area contributed by atoms with Gasteiger partial charge in [0.1, 0.15) is 0 Å². The lowest BCUT2D eigenvalue weighted by molar-refractivity contribution is 0.142. The van der Waals surface area contributed by atoms with Gasteiger partial charge in [0.2, 0.25) is 5.75 Å². The first-order valence-corrected chi connectivity index (χ1v) is 9.89. The van der Waals surface area contributed by atoms with E-state index in [1.54, 1.807) is 0 Å². The third-order valence-corrected chi connectivity index (χ3v) is 5.75. The van der Waals surface area contributed by atoms with Crippen molar-refractivity contribution in [1.29, 1.82) is 0 Å². The number of anilines is 1. The van der Waals surface area contributed by atoms with Gasteiger partial charge in [0.25, 0.3) is 5.56 Å². The van der Waals surface area contributed by atoms with Crippen molar-refractivity contribution in [3.05, 3.63) is 39.7 Å². The molecule has 1 aromatic heterocycles. The first kappa shape index (κ1) is 22.0. The number of aromatic nitrogens is 1. The van der Waals surface area contributed by atoms with Crippen molar-refractivity contribution in [2.24, 2.45) is 0 Å². The van der Waals surface area contributed by atoms with E-state index in [0.717, 1.165) is 56.6 Å². The second-order valence-corrected chi connectivity index (χ2v) is 7.69. The molecule has 1 fully saturated rings. The molecule has 0 saturated carbocycles. The fourth-order valence-electron chi connectivity index (χ4n) is 4.25. The van der Waals surface area contributed by atoms with Gasteiger partial charge >= 0.3 is 6.16 Å². The van der Waals surface area contributed by atoms with Crippen LogP contribution >= 0.6 is 12.4 Å². The van der Waals surface area contributed by atoms with Crippen LogP contribution in [0.2, 0.25) is 0 Å². The number of aromatic amines is 1. The fourth-order valence-corrected chi connectivity index (χ4v) is 4.25. The van der Waals surface area contributed by atoms with Crippen molar-refractivity contribution >= 4 is 24.2 Å². The number of likely N-dealkylation sites (N-methyl/N-ethyl adjacent to an activating group) is 1. The lowest BCUT2D eigenvalue weighted by Gasteiger charge is -2.24. The van der Waals surface area contributed by atoms with E-state index in [1.807, 2.05) is 6.07 Å². The molecule has 1 aliphatic heterocycles. The van der Waals surface area contributed by atoms with Gasteiger partial charge in [-0.1, -0.05) is 6.07 Å². The van der Waals surface area contributed by atoms with Gasteiger partial charge in [-0.3, -0.25) is 4.79 Å². The number of nitrogens with one attached hydrogen (secondary N) is 1. The highest BCUT2D eigenvalue weighted by molar-refractivity contribution is 5.85. The zero-order valence-corrected chi connectivity index (χ0v) is 17.6. The van der Waals surface area contributed by atoms with E-state index in [-0.39, 0.29) is 12.4 Å². The Labute approximate surface area is 180 Å². The Balaban J connectivity index is 0.00000256. The van der Waals surface area contributed by atoms with E-state index in [4.69, 9.17) is 5.11 Å². The first-order valence-electron chi connectivity index (χ1n) is 9.89. The number of benzene rings is 1. The Hall–Kier alpha value is -2.71. The van der Waals surface area contributed by atoms with Crippen LogP contribution in [0.15, 0.2) is 23.0 Å². The summed E-state index contributed by atoms with van der Waals surface area (Å²) < 4.78 is 4.50. The van der Waals surface area contributed by atoms with E-state index in [0.29, 0.717) is 17.7 Å². The molecule has 0 atom stereocenters. The van der Waals surface area contributed by atoms with Gasteiger partial charge in [-0.15, -0.1) is 12.4 Å². The molecule has 0 radical (unpaired) electrons. The molecule has 162 valence electrons. The van der Waals surface area contributed by atoms with E-state index in [9.17, 15) is 14.7 Å². The van der Waals surface area contributed by atoms with Gasteiger partial charge < -0.3 is 29.7 Å². The summed E-state index contributed by atoms with van der Waals surface area (Å²) in [5.41, 5.74) is 3.45. The van der Waals surface area contributed by atoms with Crippen molar-refractivity contribution in [3.63, 3.8) is 0 Å². The maximum atomic E-state index is 12.3. The molecule has 0 unspecified atom stereocenters. The summed E-state index contributed by atoms with van der Waals surface area (Å²) in [7, 11) is 2.14. The number of aryl methyl sites for hydroxylation is 1. The molecule has 1 aliphatic carbocycles. The van der Waals surface area contributed by atoms with Crippen LogP contribution in [0.25, 0.3) is 11.3 Å². The largest absolute Gasteiger partial charge is 0.511 e. The summed E-state index contributed by atoms with van der Waals surface area (Å²) in [5.74, 6) is -0.955. The van der Waals surface area contributed by atoms with Crippen LogP contribution in [0.4, 0.5) is 10.5 Å². The molecule has 8 nitrogen and oxygen atoms in total. The average Bonchev–Trinajstić information content (AvgIpc) is 3.01. The van der Waals surface area contributed by atoms with E-state index in [2.05, 4.69) is 38.7 Å². The third-order valence-electron chi connectivity index (χ3n) is 5.75. The quantitative estimate of drug-likeness (QED) is 0.623. The number of rotatable bonds is 2. The molecular weight excluding hydrogens is 410 g/mol. The molecule has 4 rings (SSSR count). The number of ether oxygens (including phenoxy) is 1. The number of fused-ring (bicyclic) bond motifs is 3. The number of aromatic hydroxyl groups is 1. The summed E-state index contributed by atoms with van der Waals surface area (Å²) in [5, 5.41) is 19.3. The Morgan fingerprint density at radius 2 is 1.93 bits per heavy atom. The summed E-state index contributed by atoms with van der Waals surface area (Å²) in [6, 6.07) is 6.21. The first-order chi connectivity index (χ1) is 13.9. The number of nitrogens with zero attached hydrogens (tertiary/aromatic N) is 2. The number of hydrogen-bond donors (Lipinski definition) is 3. The summed E-state index contributed by atoms with van der Waals surface area (Å²) >= 11 is 0. The van der Waals surface area contributed by atoms with Crippen molar-refractivity contribution in [1.82, 2.24) is 9.88 Å². The van der Waals surface area contributed by atoms with E-state index >= 15 is 0 Å². The zero-order valence-electron chi connectivity index (χ0n) is 16.8. The molecule has 3 N–H and O–H groups in total. The number of hydrogen-bond acceptors (Lipinski definition) is 6. The molecule has 2 aromatic rings. The normalized spacial score (nSPS) is 16.5. The van der Waals surface area contributed by atoms with Gasteiger partial charge in [0, 0.05) is 36.4 Å². The monoisotopic (exact) mass is 435 g/mol. The molecule has 1 aromatic carbocycles. The van der Waals surface area contributed by atoms with Crippen LogP contribution in [-0.2, 0) is 12.8 Å². The second-order valence-electron chi connectivity index (χ2n) is 7.69. The Morgan fingerprint density at radius 3 is 2.70 bits per heavy atom. The fraction of sp³-hybridized carbons (Fsp3) is 0.429. The maximum Gasteiger partial charge on any atom is 0.511 e. The van der Waals surface area contributed by atoms with Gasteiger partial charge in [-0.2, -0.15) is 0 Å². The summed E-state index contributed by atoms with van der Waals surface area (Å²) in [6.07, 6.45) is 1.59. The minimum absolute atomic E-state index is 0. The molecule has 0 bridgehead atoms. The molecule has 9 heteroatoms. The molecular formula is C21H26ClN3O5. The number of carbonyl (C=O) groups is 1. The number of H-pyrrole nitrogens is 1. The lowest BCUT2D eigenvalue weighted by atomic mass is 10.00. The van der Waals surface area contributed by atoms with Crippen LogP contribution in [-0.4, -0.2) is 59.5 Å². The summed E-state index contributed by atoms with van der Waals surface area (Å²) in [4.78, 5) is 30.6. The Morgan fingerprint density at radius 1 is 1.13 bits per heavy atom. The van der Waals surface area contributed by atoms with E-state index in [1.165, 1.54) is 5.69 Å². The predicted octanol–water partition coefficient (Wildman–Crippen LogP) is 2.86. The molecule has 1 saturated heterocycles. The van der Waals surface area contributed by atoms with Gasteiger partial charge in [0.05, 0.1) is 5.69 Å². The second kappa shape index (κ2) is 8.97. The SMILES string of the molecule is CN1CCCN(c2ccc3c(c2)CCCc2c-3[nH]c(=O)c(OC(=O)O)c2O)CC1.Cl. The van der Waals surface area contributed by atoms with Crippen LogP contribution < -0.4 is 15.2 Å². The Kier molecular flexibility index (Phi) is 6.58. The molecule has 0 spiro atoms. The standard InChI is InChI=1S/C21H25N3O5.ClH/c1-23-8-3-9-24(11-10-23)14-6-7-15-13(12-14)4-2-5-16-17(15)22-20(26)19(18(16)25)29-21(27)28;/h6-7,12H,2-5,8-11H2,1H3,(H,27,28)(H2,22,25,26);1H. The minimum Gasteiger partial charge on any atom is -0.504 e. The summed E-state index contributed by atoms with van der Waals surface area (Å²) in [6.45, 7) is 4.09. The molecule has 0 amide bonds. The smallest absolute Gasteiger partial charge is 0.504 e. The van der Waals surface area contributed by atoms with Gasteiger partial charge in [0.15, 0.2) is 5.75 Å². The molecule has 2 heterocycles. The van der Waals surface area contributed by atoms with Crippen LogP contribution in [0.1, 0.15) is 24.0 Å². The van der Waals surface area contributed by atoms with Crippen LogP contribution in [0.5, 0.6) is 11.5 Å². The average molecular weight is 436 g/mol. The number of carboxylic acid groups (broad SMARTS) is 1. The predicted molar refractivity (Wildman–Crippen MR) is 116 cm³/mol. The third kappa shape index (κ3) is 4.24. The number of pyridine rings is 1. The highest BCUT2D eigenvalue weighted by Crippen LogP contribution is 2.39. The van der Waals surface area contributed by atoms with Crippen LogP contribution in [0, 0.1) is 0 Å². The zero-order chi connectivity index (χ0) is 20.5. The number of halogens is 1. The lowest BCUT2D eigenvalue weighted by Crippen LogP contribution is -2.28. The van der Waals surface area contributed by atoms with Crippen molar-refractivity contribution in [2.45, 2.75) is 25.7 Å². The minimum atomic E-state index is -1.63. The van der Waals surface area contributed by atoms with Crippen molar-refractivity contribution < 1.29 is 19.7 Å². The molecule has 30 heavy (non-hydrogen) atoms. The highest BCUT2D eigenvalue weighted by Gasteiger charge is 2.25. The van der Waals surface area contributed by atoms with Crippen LogP contribution in [0.3, 0.4) is 0 Å². The van der Waals surface area contributed by atoms with Crippen molar-refractivity contribution in [2.75, 3.05) is 38.1 Å². The maximum absolute atomic E-state index is 12.3. The van der Waals surface area contributed by atoms with Gasteiger partial charge in [-0.05, 0) is 57.0 Å². The molecule has 2 aliphatic rings. The Bertz CT molecular complexity index is 1010. The highest BCUT2D eigenvalue weighted by atomic mass is 35.5. The van der Waals surface area contributed by atoms with E-state index < -0.39 is 23.2 Å². The van der Waals surface area contributed by atoms with Gasteiger partial charge in [-0.25, -0.2) is 4.79 Å². The van der Waals surface area contributed by atoms with Crippen molar-refractivity contribution in [3.8, 4) is 22.8 Å². The topological polar surface area (TPSA) is 106 Å².